The molecule has 0 radical (unpaired) electrons. The van der Waals surface area contributed by atoms with Crippen molar-refractivity contribution in [2.45, 2.75) is 62.6 Å². The van der Waals surface area contributed by atoms with E-state index in [0.717, 1.165) is 30.8 Å². The molecule has 14 heteroatoms. The van der Waals surface area contributed by atoms with E-state index in [-0.39, 0.29) is 29.7 Å². The van der Waals surface area contributed by atoms with Crippen LogP contribution in [0.25, 0.3) is 0 Å². The molecule has 2 amide bonds. The second kappa shape index (κ2) is 10.8. The van der Waals surface area contributed by atoms with Gasteiger partial charge in [0.25, 0.3) is 11.5 Å². The molecule has 1 aromatic carbocycles. The minimum Gasteiger partial charge on any atom is -0.406 e. The first-order valence-electron chi connectivity index (χ1n) is 10.6. The van der Waals surface area contributed by atoms with Crippen LogP contribution in [0, 0.1) is 6.92 Å². The van der Waals surface area contributed by atoms with Crippen LogP contribution in [0.2, 0.25) is 0 Å². The van der Waals surface area contributed by atoms with Gasteiger partial charge in [-0.1, -0.05) is 11.6 Å². The molecule has 0 unspecified atom stereocenters. The molecule has 36 heavy (non-hydrogen) atoms. The number of amides is 2. The Labute approximate surface area is 206 Å². The molecule has 1 N–H and O–H groups in total. The summed E-state index contributed by atoms with van der Waals surface area (Å²) in [5, 5.41) is 2.58. The number of aryl methyl sites for hydroxylation is 1. The Morgan fingerprint density at radius 3 is 2.50 bits per heavy atom. The Hall–Kier alpha value is -3.27. The molecule has 1 aromatic rings. The summed E-state index contributed by atoms with van der Waals surface area (Å²) in [5.41, 5.74) is -2.89. The minimum absolute atomic E-state index is 0.00868. The first kappa shape index (κ1) is 27.3. The van der Waals surface area contributed by atoms with Crippen LogP contribution in [-0.4, -0.2) is 60.2 Å². The van der Waals surface area contributed by atoms with Crippen LogP contribution in [0.3, 0.4) is 0 Å². The van der Waals surface area contributed by atoms with Crippen LogP contribution in [0.1, 0.15) is 31.2 Å². The van der Waals surface area contributed by atoms with Crippen molar-refractivity contribution in [2.75, 3.05) is 4.90 Å². The molecule has 1 fully saturated rings. The molecule has 1 heterocycles. The van der Waals surface area contributed by atoms with Crippen molar-refractivity contribution in [3.63, 3.8) is 0 Å². The lowest BCUT2D eigenvalue weighted by Gasteiger charge is -2.34. The van der Waals surface area contributed by atoms with Gasteiger partial charge in [0.15, 0.2) is 18.1 Å². The van der Waals surface area contributed by atoms with Gasteiger partial charge in [-0.2, -0.15) is 4.67 Å². The topological polar surface area (TPSA) is 85.1 Å². The van der Waals surface area contributed by atoms with Crippen molar-refractivity contribution >= 4 is 47.5 Å². The fraction of sp³-hybridized carbons (Fsp3) is 0.455. The van der Waals surface area contributed by atoms with Crippen LogP contribution in [0.15, 0.2) is 28.8 Å². The molecule has 7 nitrogen and oxygen atoms in total. The van der Waals surface area contributed by atoms with Crippen molar-refractivity contribution in [3.8, 4) is 5.75 Å². The monoisotopic (exact) mass is 537 g/mol. The Bertz CT molecular complexity index is 1150. The molecule has 1 aliphatic heterocycles. The van der Waals surface area contributed by atoms with Crippen molar-refractivity contribution in [1.82, 2.24) is 9.98 Å². The van der Waals surface area contributed by atoms with Crippen LogP contribution in [-0.2, 0) is 9.59 Å². The summed E-state index contributed by atoms with van der Waals surface area (Å²) in [5.74, 6) is -3.29. The third kappa shape index (κ3) is 6.90. The number of nitrogens with zero attached hydrogens (tertiary/aromatic N) is 3. The highest BCUT2D eigenvalue weighted by atomic mass is 35.5. The third-order valence-corrected chi connectivity index (χ3v) is 5.67. The maximum absolute atomic E-state index is 14.1. The van der Waals surface area contributed by atoms with Crippen molar-refractivity contribution < 1.29 is 40.7 Å². The first-order valence-corrected chi connectivity index (χ1v) is 11.0. The highest BCUT2D eigenvalue weighted by Crippen LogP contribution is 2.34. The van der Waals surface area contributed by atoms with E-state index in [2.05, 4.69) is 25.6 Å². The molecule has 2 atom stereocenters. The number of carbonyl (C=O) groups is 2. The maximum Gasteiger partial charge on any atom is 0.573 e. The number of benzene rings is 1. The zero-order valence-corrected chi connectivity index (χ0v) is 19.4. The average molecular weight is 538 g/mol. The van der Waals surface area contributed by atoms with Crippen molar-refractivity contribution in [1.29, 1.82) is 0 Å². The van der Waals surface area contributed by atoms with Gasteiger partial charge in [-0.3, -0.25) is 14.5 Å². The number of hydrogen-bond acceptors (Lipinski definition) is 4. The zero-order chi connectivity index (χ0) is 26.7. The molecule has 2 aliphatic rings. The first-order chi connectivity index (χ1) is 16.8. The molecule has 1 aliphatic carbocycles. The van der Waals surface area contributed by atoms with E-state index in [9.17, 15) is 35.9 Å². The maximum atomic E-state index is 14.1. The number of carbonyl (C=O) groups excluding carboxylic acids is 2. The molecule has 194 valence electrons. The number of alkyl halides is 7. The molecule has 3 rings (SSSR count). The van der Waals surface area contributed by atoms with Gasteiger partial charge in [-0.15, -0.1) is 13.2 Å². The van der Waals surface area contributed by atoms with E-state index in [1.165, 1.54) is 6.92 Å². The van der Waals surface area contributed by atoms with E-state index in [1.807, 2.05) is 0 Å². The summed E-state index contributed by atoms with van der Waals surface area (Å²) >= 11 is 5.42. The van der Waals surface area contributed by atoms with Gasteiger partial charge in [-0.05, 0) is 48.5 Å². The molecule has 0 bridgehead atoms. The Balaban J connectivity index is 2.03. The second-order valence-corrected chi connectivity index (χ2v) is 8.52. The molecule has 0 aromatic heterocycles. The normalized spacial score (nSPS) is 18.8. The Morgan fingerprint density at radius 2 is 1.97 bits per heavy atom. The molecular formula is C22H20ClF6N4O3+. The Kier molecular flexibility index (Phi) is 8.18. The van der Waals surface area contributed by atoms with Crippen LogP contribution < -0.4 is 19.6 Å². The predicted octanol–water partition coefficient (Wildman–Crippen LogP) is 3.60. The smallest absolute Gasteiger partial charge is 0.406 e. The highest BCUT2D eigenvalue weighted by Gasteiger charge is 2.42. The lowest BCUT2D eigenvalue weighted by molar-refractivity contribution is -0.274. The van der Waals surface area contributed by atoms with E-state index >= 15 is 0 Å². The lowest BCUT2D eigenvalue weighted by atomic mass is 9.91. The van der Waals surface area contributed by atoms with Gasteiger partial charge >= 0.3 is 12.7 Å². The van der Waals surface area contributed by atoms with E-state index < -0.39 is 60.4 Å². The molecule has 0 saturated heterocycles. The fourth-order valence-electron chi connectivity index (χ4n) is 3.86. The van der Waals surface area contributed by atoms with E-state index in [1.54, 1.807) is 0 Å². The number of halogens is 7. The lowest BCUT2D eigenvalue weighted by Crippen LogP contribution is -2.55. The average Bonchev–Trinajstić information content (AvgIpc) is 2.78. The molecule has 1 saturated carbocycles. The van der Waals surface area contributed by atoms with Crippen LogP contribution in [0.4, 0.5) is 32.0 Å². The highest BCUT2D eigenvalue weighted by molar-refractivity contribution is 6.32. The quantitative estimate of drug-likeness (QED) is 0.328. The van der Waals surface area contributed by atoms with Gasteiger partial charge < -0.3 is 10.1 Å². The van der Waals surface area contributed by atoms with Crippen molar-refractivity contribution in [2.24, 2.45) is 4.99 Å². The van der Waals surface area contributed by atoms with Gasteiger partial charge in [-0.25, -0.2) is 13.2 Å². The van der Waals surface area contributed by atoms with E-state index in [4.69, 9.17) is 11.6 Å². The van der Waals surface area contributed by atoms with Crippen molar-refractivity contribution in [3.05, 3.63) is 29.3 Å². The van der Waals surface area contributed by atoms with Gasteiger partial charge in [0.05, 0.1) is 0 Å². The van der Waals surface area contributed by atoms with Gasteiger partial charge in [0.2, 0.25) is 11.8 Å². The number of rotatable bonds is 7. The Morgan fingerprint density at radius 1 is 1.31 bits per heavy atom. The van der Waals surface area contributed by atoms with Crippen LogP contribution in [0.5, 0.6) is 5.75 Å². The predicted molar refractivity (Wildman–Crippen MR) is 120 cm³/mol. The number of ether oxygens (including phenoxy) is 1. The number of nitrogens with one attached hydrogen (secondary N) is 1. The standard InChI is InChI=1S/C22H19ClF6N4O3/c1-12-8-15(36-22(27,28)29)2-3-16(12)33(20(35)18(23)24)17(13-9-30-11-31-10-13)19(34)32-14-4-6-21(25,26)7-5-14/h2-3,8-9,11,14,17-18H,4-7H2,1H3/p+1/t17-,18+/m1/s1. The summed E-state index contributed by atoms with van der Waals surface area (Å²) in [4.78, 5) is 30.7. The molecule has 0 spiro atoms. The van der Waals surface area contributed by atoms with Crippen LogP contribution >= 0.6 is 11.6 Å². The fourth-order valence-corrected chi connectivity index (χ4v) is 3.96. The molecular weight excluding hydrogens is 518 g/mol. The van der Waals surface area contributed by atoms with Gasteiger partial charge in [0.1, 0.15) is 11.3 Å². The summed E-state index contributed by atoms with van der Waals surface area (Å²) < 4.78 is 86.6. The number of hydrogen-bond donors (Lipinski definition) is 1. The number of aliphatic imine (C=N–C) groups is 1. The second-order valence-electron chi connectivity index (χ2n) is 8.14. The largest absolute Gasteiger partial charge is 0.573 e. The summed E-state index contributed by atoms with van der Waals surface area (Å²) in [6.45, 7) is 1.31. The summed E-state index contributed by atoms with van der Waals surface area (Å²) in [7, 11) is 0. The SMILES string of the molecule is Cc1cc(OC(F)(F)F)ccc1N(C(=O)[C@H](F)Cl)[C@@H](C(=O)NC1CCC(F)(F)CC1)C1=C=[N+]=CN=C1. The summed E-state index contributed by atoms with van der Waals surface area (Å²) in [6, 6.07) is 0.501. The van der Waals surface area contributed by atoms with E-state index in [0.29, 0.717) is 4.90 Å². The summed E-state index contributed by atoms with van der Waals surface area (Å²) in [6.07, 6.45) is -3.78. The third-order valence-electron chi connectivity index (χ3n) is 5.48. The minimum atomic E-state index is -4.99. The van der Waals surface area contributed by atoms with Gasteiger partial charge in [0, 0.05) is 24.6 Å². The number of anilines is 1. The zero-order valence-electron chi connectivity index (χ0n) is 18.7.